The topological polar surface area (TPSA) is 31.0 Å². The standard InChI is InChI=1S/C21H42O3/c1-3-4-5-6-7-8-9-10-11-12-13-14-15-16-17-23-19-21(18-22-2)20-24-21/h3-20H2,1-2H3. The number of ether oxygens (including phenoxy) is 3. The molecule has 0 saturated carbocycles. The van der Waals surface area contributed by atoms with Crippen molar-refractivity contribution in [3.63, 3.8) is 0 Å². The third-order valence-corrected chi connectivity index (χ3v) is 4.97. The van der Waals surface area contributed by atoms with Crippen LogP contribution < -0.4 is 0 Å². The van der Waals surface area contributed by atoms with E-state index in [9.17, 15) is 0 Å². The third kappa shape index (κ3) is 12.3. The molecule has 0 spiro atoms. The van der Waals surface area contributed by atoms with Gasteiger partial charge in [0.1, 0.15) is 5.60 Å². The average Bonchev–Trinajstić information content (AvgIpc) is 3.34. The van der Waals surface area contributed by atoms with Crippen molar-refractivity contribution >= 4 is 0 Å². The van der Waals surface area contributed by atoms with Crippen LogP contribution in [0.2, 0.25) is 0 Å². The molecule has 1 atom stereocenters. The van der Waals surface area contributed by atoms with E-state index >= 15 is 0 Å². The summed E-state index contributed by atoms with van der Waals surface area (Å²) in [6.07, 6.45) is 19.6. The molecule has 0 aromatic heterocycles. The van der Waals surface area contributed by atoms with E-state index in [-0.39, 0.29) is 5.60 Å². The Morgan fingerprint density at radius 3 is 1.58 bits per heavy atom. The zero-order valence-corrected chi connectivity index (χ0v) is 16.5. The highest BCUT2D eigenvalue weighted by molar-refractivity contribution is 4.91. The second-order valence-corrected chi connectivity index (χ2v) is 7.55. The lowest BCUT2D eigenvalue weighted by molar-refractivity contribution is 0.0339. The largest absolute Gasteiger partial charge is 0.382 e. The first kappa shape index (κ1) is 21.9. The van der Waals surface area contributed by atoms with Gasteiger partial charge in [-0.15, -0.1) is 0 Å². The van der Waals surface area contributed by atoms with Gasteiger partial charge in [-0.3, -0.25) is 0 Å². The molecule has 0 bridgehead atoms. The first-order valence-electron chi connectivity index (χ1n) is 10.5. The van der Waals surface area contributed by atoms with Crippen LogP contribution in [0.15, 0.2) is 0 Å². The first-order valence-corrected chi connectivity index (χ1v) is 10.5. The molecule has 1 aliphatic rings. The molecule has 1 rings (SSSR count). The Hall–Kier alpha value is -0.120. The van der Waals surface area contributed by atoms with Gasteiger partial charge < -0.3 is 14.2 Å². The van der Waals surface area contributed by atoms with Gasteiger partial charge in [-0.2, -0.15) is 0 Å². The molecule has 3 nitrogen and oxygen atoms in total. The van der Waals surface area contributed by atoms with E-state index in [4.69, 9.17) is 14.2 Å². The maximum atomic E-state index is 5.72. The summed E-state index contributed by atoms with van der Waals surface area (Å²) in [6.45, 7) is 5.30. The number of rotatable bonds is 19. The summed E-state index contributed by atoms with van der Waals surface area (Å²) in [7, 11) is 1.72. The minimum atomic E-state index is -0.106. The van der Waals surface area contributed by atoms with Gasteiger partial charge in [0.15, 0.2) is 0 Å². The number of hydrogen-bond donors (Lipinski definition) is 0. The summed E-state index contributed by atoms with van der Waals surface area (Å²) in [5, 5.41) is 0. The molecule has 1 aliphatic heterocycles. The molecule has 1 heterocycles. The molecule has 1 saturated heterocycles. The van der Waals surface area contributed by atoms with Crippen molar-refractivity contribution in [2.75, 3.05) is 33.5 Å². The van der Waals surface area contributed by atoms with Crippen molar-refractivity contribution in [2.24, 2.45) is 0 Å². The Morgan fingerprint density at radius 1 is 0.708 bits per heavy atom. The molecule has 0 aliphatic carbocycles. The van der Waals surface area contributed by atoms with Crippen LogP contribution >= 0.6 is 0 Å². The van der Waals surface area contributed by atoms with E-state index < -0.39 is 0 Å². The molecular weight excluding hydrogens is 300 g/mol. The van der Waals surface area contributed by atoms with E-state index in [1.54, 1.807) is 7.11 Å². The molecule has 24 heavy (non-hydrogen) atoms. The smallest absolute Gasteiger partial charge is 0.138 e. The van der Waals surface area contributed by atoms with Crippen LogP contribution in [0.4, 0.5) is 0 Å². The summed E-state index contributed by atoms with van der Waals surface area (Å²) in [5.74, 6) is 0. The normalized spacial score (nSPS) is 19.8. The highest BCUT2D eigenvalue weighted by atomic mass is 16.6. The van der Waals surface area contributed by atoms with Crippen molar-refractivity contribution in [3.8, 4) is 0 Å². The summed E-state index contributed by atoms with van der Waals surface area (Å²) in [5.41, 5.74) is -0.106. The fraction of sp³-hybridized carbons (Fsp3) is 1.00. The molecule has 1 fully saturated rings. The van der Waals surface area contributed by atoms with Crippen LogP contribution in [0.1, 0.15) is 96.8 Å². The molecule has 0 N–H and O–H groups in total. The van der Waals surface area contributed by atoms with Gasteiger partial charge in [-0.1, -0.05) is 90.4 Å². The molecule has 0 amide bonds. The Bertz CT molecular complexity index is 264. The summed E-state index contributed by atoms with van der Waals surface area (Å²) in [6, 6.07) is 0. The SMILES string of the molecule is CCCCCCCCCCCCCCCCOCC1(COC)CO1. The van der Waals surface area contributed by atoms with Gasteiger partial charge in [0, 0.05) is 13.7 Å². The van der Waals surface area contributed by atoms with E-state index in [2.05, 4.69) is 6.92 Å². The van der Waals surface area contributed by atoms with Gasteiger partial charge in [0.05, 0.1) is 19.8 Å². The Labute approximate surface area is 150 Å². The molecular formula is C21H42O3. The predicted molar refractivity (Wildman–Crippen MR) is 102 cm³/mol. The fourth-order valence-corrected chi connectivity index (χ4v) is 3.23. The van der Waals surface area contributed by atoms with Gasteiger partial charge in [0.2, 0.25) is 0 Å². The van der Waals surface area contributed by atoms with Crippen LogP contribution in [-0.4, -0.2) is 39.1 Å². The van der Waals surface area contributed by atoms with Crippen LogP contribution in [0, 0.1) is 0 Å². The molecule has 144 valence electrons. The van der Waals surface area contributed by atoms with Gasteiger partial charge in [-0.05, 0) is 6.42 Å². The Morgan fingerprint density at radius 2 is 1.17 bits per heavy atom. The van der Waals surface area contributed by atoms with E-state index in [1.807, 2.05) is 0 Å². The molecule has 3 heteroatoms. The van der Waals surface area contributed by atoms with Crippen molar-refractivity contribution in [3.05, 3.63) is 0 Å². The third-order valence-electron chi connectivity index (χ3n) is 4.97. The van der Waals surface area contributed by atoms with Crippen molar-refractivity contribution < 1.29 is 14.2 Å². The minimum Gasteiger partial charge on any atom is -0.382 e. The molecule has 0 aromatic carbocycles. The quantitative estimate of drug-likeness (QED) is 0.216. The zero-order valence-electron chi connectivity index (χ0n) is 16.5. The van der Waals surface area contributed by atoms with Crippen LogP contribution in [0.25, 0.3) is 0 Å². The number of hydrogen-bond acceptors (Lipinski definition) is 3. The van der Waals surface area contributed by atoms with E-state index in [0.717, 1.165) is 13.2 Å². The Balaban J connectivity index is 1.68. The van der Waals surface area contributed by atoms with Gasteiger partial charge in [0.25, 0.3) is 0 Å². The summed E-state index contributed by atoms with van der Waals surface area (Å²) in [4.78, 5) is 0. The number of unbranched alkanes of at least 4 members (excludes halogenated alkanes) is 13. The summed E-state index contributed by atoms with van der Waals surface area (Å²) >= 11 is 0. The lowest BCUT2D eigenvalue weighted by atomic mass is 10.0. The maximum absolute atomic E-state index is 5.72. The highest BCUT2D eigenvalue weighted by Gasteiger charge is 2.45. The molecule has 0 radical (unpaired) electrons. The second-order valence-electron chi connectivity index (χ2n) is 7.55. The fourth-order valence-electron chi connectivity index (χ4n) is 3.23. The predicted octanol–water partition coefficient (Wildman–Crippen LogP) is 5.90. The lowest BCUT2D eigenvalue weighted by Gasteiger charge is -2.11. The van der Waals surface area contributed by atoms with Crippen LogP contribution in [-0.2, 0) is 14.2 Å². The zero-order chi connectivity index (χ0) is 17.3. The lowest BCUT2D eigenvalue weighted by Crippen LogP contribution is -2.25. The van der Waals surface area contributed by atoms with Gasteiger partial charge >= 0.3 is 0 Å². The van der Waals surface area contributed by atoms with E-state index in [1.165, 1.54) is 89.9 Å². The molecule has 0 aromatic rings. The highest BCUT2D eigenvalue weighted by Crippen LogP contribution is 2.27. The maximum Gasteiger partial charge on any atom is 0.138 e. The van der Waals surface area contributed by atoms with Crippen molar-refractivity contribution in [1.82, 2.24) is 0 Å². The molecule has 1 unspecified atom stereocenters. The monoisotopic (exact) mass is 342 g/mol. The van der Waals surface area contributed by atoms with Crippen LogP contribution in [0.3, 0.4) is 0 Å². The second kappa shape index (κ2) is 15.2. The first-order chi connectivity index (χ1) is 11.8. The number of methoxy groups -OCH3 is 1. The van der Waals surface area contributed by atoms with Crippen molar-refractivity contribution in [2.45, 2.75) is 102 Å². The van der Waals surface area contributed by atoms with E-state index in [0.29, 0.717) is 13.2 Å². The van der Waals surface area contributed by atoms with Gasteiger partial charge in [-0.25, -0.2) is 0 Å². The van der Waals surface area contributed by atoms with Crippen molar-refractivity contribution in [1.29, 1.82) is 0 Å². The average molecular weight is 343 g/mol. The minimum absolute atomic E-state index is 0.106. The van der Waals surface area contributed by atoms with Crippen LogP contribution in [0.5, 0.6) is 0 Å². The summed E-state index contributed by atoms with van der Waals surface area (Å²) < 4.78 is 16.3. The Kier molecular flexibility index (Phi) is 13.8. The number of epoxide rings is 1.